The molecule has 1 unspecified atom stereocenters. The minimum absolute atomic E-state index is 0.00243. The Balaban J connectivity index is 2.05. The lowest BCUT2D eigenvalue weighted by molar-refractivity contribution is 0.0836. The summed E-state index contributed by atoms with van der Waals surface area (Å²) in [4.78, 5) is 23.1. The molecule has 0 spiro atoms. The van der Waals surface area contributed by atoms with Crippen LogP contribution in [0, 0.1) is 0 Å². The summed E-state index contributed by atoms with van der Waals surface area (Å²) in [5.41, 5.74) is 14.7. The first-order chi connectivity index (χ1) is 12.0. The molecule has 0 saturated heterocycles. The van der Waals surface area contributed by atoms with Gasteiger partial charge < -0.3 is 10.5 Å². The fourth-order valence-electron chi connectivity index (χ4n) is 1.75. The molecule has 10 nitrogen and oxygen atoms in total. The maximum atomic E-state index is 11.9. The number of fused-ring (bicyclic) bond motifs is 1. The third kappa shape index (κ3) is 4.91. The Kier molecular flexibility index (Phi) is 6.29. The van der Waals surface area contributed by atoms with Crippen molar-refractivity contribution < 1.29 is 9.53 Å². The van der Waals surface area contributed by atoms with Crippen molar-refractivity contribution in [2.45, 2.75) is 13.0 Å². The first kappa shape index (κ1) is 18.2. The van der Waals surface area contributed by atoms with Crippen molar-refractivity contribution in [3.63, 3.8) is 0 Å². The maximum absolute atomic E-state index is 11.9. The van der Waals surface area contributed by atoms with Gasteiger partial charge in [0.15, 0.2) is 0 Å². The highest BCUT2D eigenvalue weighted by Crippen LogP contribution is 2.27. The number of ether oxygens (including phenoxy) is 1. The number of para-hydroxylation sites is 1. The molecule has 2 rings (SSSR count). The number of amides is 1. The molecule has 0 radical (unpaired) electrons. The van der Waals surface area contributed by atoms with E-state index in [1.54, 1.807) is 6.92 Å². The summed E-state index contributed by atoms with van der Waals surface area (Å²) in [5.74, 6) is 5.69. The first-order valence-electron chi connectivity index (χ1n) is 7.13. The van der Waals surface area contributed by atoms with E-state index in [1.165, 1.54) is 17.6 Å². The molecule has 1 amide bonds. The van der Waals surface area contributed by atoms with Gasteiger partial charge in [-0.3, -0.25) is 0 Å². The molecule has 0 bridgehead atoms. The monoisotopic (exact) mass is 360 g/mol. The van der Waals surface area contributed by atoms with Crippen molar-refractivity contribution >= 4 is 39.0 Å². The van der Waals surface area contributed by atoms with Gasteiger partial charge in [-0.25, -0.2) is 25.6 Å². The van der Waals surface area contributed by atoms with E-state index in [1.807, 2.05) is 24.3 Å². The summed E-state index contributed by atoms with van der Waals surface area (Å²) in [6.07, 6.45) is 0.954. The average molecular weight is 360 g/mol. The van der Waals surface area contributed by atoms with Gasteiger partial charge in [0.2, 0.25) is 5.13 Å². The number of aliphatic imine (C=N–C) groups is 1. The van der Waals surface area contributed by atoms with Crippen molar-refractivity contribution in [1.29, 1.82) is 0 Å². The number of aromatic nitrogens is 1. The number of benzene rings is 1. The highest BCUT2D eigenvalue weighted by atomic mass is 32.1. The van der Waals surface area contributed by atoms with E-state index in [2.05, 4.69) is 20.0 Å². The topological polar surface area (TPSA) is 156 Å². The van der Waals surface area contributed by atoms with Crippen LogP contribution in [0.15, 0.2) is 46.3 Å². The van der Waals surface area contributed by atoms with Gasteiger partial charge in [-0.05, 0) is 24.6 Å². The van der Waals surface area contributed by atoms with Crippen LogP contribution < -0.4 is 11.6 Å². The van der Waals surface area contributed by atoms with Crippen molar-refractivity contribution in [1.82, 2.24) is 9.99 Å². The SMILES string of the molecule is CC(CN=[N+]=[N-])OC(=O)N(N)C(C=Nc1nc2ccccc2s1)=CN. The smallest absolute Gasteiger partial charge is 0.429 e. The minimum Gasteiger partial charge on any atom is -0.445 e. The summed E-state index contributed by atoms with van der Waals surface area (Å²) in [5, 5.41) is 4.53. The molecule has 25 heavy (non-hydrogen) atoms. The molecule has 0 aliphatic rings. The van der Waals surface area contributed by atoms with E-state index in [0.29, 0.717) is 10.1 Å². The van der Waals surface area contributed by atoms with Crippen LogP contribution in [-0.4, -0.2) is 34.9 Å². The zero-order chi connectivity index (χ0) is 18.2. The molecule has 130 valence electrons. The number of hydrogen-bond donors (Lipinski definition) is 2. The average Bonchev–Trinajstić information content (AvgIpc) is 3.03. The second-order valence-electron chi connectivity index (χ2n) is 4.79. The largest absolute Gasteiger partial charge is 0.445 e. The summed E-state index contributed by atoms with van der Waals surface area (Å²) < 4.78 is 6.01. The Morgan fingerprint density at radius 1 is 1.56 bits per heavy atom. The molecule has 11 heteroatoms. The summed E-state index contributed by atoms with van der Waals surface area (Å²) in [7, 11) is 0. The van der Waals surface area contributed by atoms with Gasteiger partial charge in [-0.15, -0.1) is 0 Å². The first-order valence-corrected chi connectivity index (χ1v) is 7.94. The molecular weight excluding hydrogens is 344 g/mol. The van der Waals surface area contributed by atoms with Crippen LogP contribution in [0.2, 0.25) is 0 Å². The number of hydrogen-bond acceptors (Lipinski definition) is 8. The molecule has 0 fully saturated rings. The minimum atomic E-state index is -0.854. The Hall–Kier alpha value is -3.14. The summed E-state index contributed by atoms with van der Waals surface area (Å²) in [6.45, 7) is 1.57. The molecular formula is C14H16N8O2S. The molecule has 0 aliphatic heterocycles. The van der Waals surface area contributed by atoms with Gasteiger partial charge in [0.1, 0.15) is 6.10 Å². The number of carbonyl (C=O) groups is 1. The highest BCUT2D eigenvalue weighted by Gasteiger charge is 2.17. The molecule has 0 aliphatic carbocycles. The standard InChI is InChI=1S/C14H16N8O2S/c1-9(7-19-21-16)24-14(23)22(17)10(6-15)8-18-13-20-11-4-2-3-5-12(11)25-13/h2-6,8-9H,7,15,17H2,1H3. The molecule has 1 atom stereocenters. The molecule has 1 aromatic heterocycles. The highest BCUT2D eigenvalue weighted by molar-refractivity contribution is 7.22. The predicted octanol–water partition coefficient (Wildman–Crippen LogP) is 2.81. The van der Waals surface area contributed by atoms with Crippen molar-refractivity contribution in [3.8, 4) is 0 Å². The third-order valence-electron chi connectivity index (χ3n) is 2.94. The maximum Gasteiger partial charge on any atom is 0.429 e. The van der Waals surface area contributed by atoms with Gasteiger partial charge >= 0.3 is 6.09 Å². The molecule has 2 aromatic rings. The molecule has 4 N–H and O–H groups in total. The number of thiazole rings is 1. The normalized spacial score (nSPS) is 12.8. The zero-order valence-electron chi connectivity index (χ0n) is 13.3. The third-order valence-corrected chi connectivity index (χ3v) is 3.88. The van der Waals surface area contributed by atoms with Crippen molar-refractivity contribution in [3.05, 3.63) is 46.6 Å². The lowest BCUT2D eigenvalue weighted by Gasteiger charge is -2.19. The van der Waals surface area contributed by atoms with Crippen LogP contribution >= 0.6 is 11.3 Å². The van der Waals surface area contributed by atoms with Crippen LogP contribution in [0.4, 0.5) is 9.93 Å². The zero-order valence-corrected chi connectivity index (χ0v) is 14.1. The summed E-state index contributed by atoms with van der Waals surface area (Å²) >= 11 is 1.39. The van der Waals surface area contributed by atoms with Gasteiger partial charge in [-0.2, -0.15) is 0 Å². The van der Waals surface area contributed by atoms with Gasteiger partial charge in [-0.1, -0.05) is 28.6 Å². The Labute approximate surface area is 147 Å². The van der Waals surface area contributed by atoms with Crippen molar-refractivity contribution in [2.24, 2.45) is 21.7 Å². The van der Waals surface area contributed by atoms with Gasteiger partial charge in [0, 0.05) is 11.1 Å². The quantitative estimate of drug-likeness (QED) is 0.154. The number of hydrazine groups is 1. The fraction of sp³-hybridized carbons (Fsp3) is 0.214. The Morgan fingerprint density at radius 3 is 3.00 bits per heavy atom. The fourth-order valence-corrected chi connectivity index (χ4v) is 2.56. The lowest BCUT2D eigenvalue weighted by atomic mass is 10.3. The number of nitrogens with two attached hydrogens (primary N) is 2. The number of allylic oxidation sites excluding steroid dienone is 1. The number of carbonyl (C=O) groups excluding carboxylic acids is 1. The van der Waals surface area contributed by atoms with Crippen LogP contribution in [0.1, 0.15) is 6.92 Å². The predicted molar refractivity (Wildman–Crippen MR) is 96.0 cm³/mol. The van der Waals surface area contributed by atoms with Crippen LogP contribution in [0.5, 0.6) is 0 Å². The number of azide groups is 1. The number of nitrogens with zero attached hydrogens (tertiary/aromatic N) is 6. The van der Waals surface area contributed by atoms with Gasteiger partial charge in [0.25, 0.3) is 0 Å². The van der Waals surface area contributed by atoms with E-state index in [4.69, 9.17) is 21.8 Å². The second-order valence-corrected chi connectivity index (χ2v) is 5.80. The lowest BCUT2D eigenvalue weighted by Crippen LogP contribution is -2.39. The van der Waals surface area contributed by atoms with Crippen LogP contribution in [0.3, 0.4) is 0 Å². The Bertz CT molecular complexity index is 822. The molecule has 1 heterocycles. The van der Waals surface area contributed by atoms with Crippen LogP contribution in [-0.2, 0) is 4.74 Å². The van der Waals surface area contributed by atoms with E-state index in [-0.39, 0.29) is 12.2 Å². The molecule has 0 saturated carbocycles. The van der Waals surface area contributed by atoms with E-state index in [0.717, 1.165) is 16.4 Å². The Morgan fingerprint density at radius 2 is 2.32 bits per heavy atom. The summed E-state index contributed by atoms with van der Waals surface area (Å²) in [6, 6.07) is 7.61. The van der Waals surface area contributed by atoms with E-state index < -0.39 is 12.2 Å². The van der Waals surface area contributed by atoms with E-state index in [9.17, 15) is 4.79 Å². The van der Waals surface area contributed by atoms with E-state index >= 15 is 0 Å². The van der Waals surface area contributed by atoms with Crippen LogP contribution in [0.25, 0.3) is 20.7 Å². The number of rotatable bonds is 6. The molecule has 1 aromatic carbocycles. The van der Waals surface area contributed by atoms with Gasteiger partial charge in [0.05, 0.1) is 28.7 Å². The second kappa shape index (κ2) is 8.64. The van der Waals surface area contributed by atoms with Crippen molar-refractivity contribution in [2.75, 3.05) is 6.54 Å².